The number of benzene rings is 2. The lowest BCUT2D eigenvalue weighted by Gasteiger charge is -2.17. The van der Waals surface area contributed by atoms with Crippen LogP contribution in [0, 0.1) is 0 Å². The minimum absolute atomic E-state index is 0.0834. The van der Waals surface area contributed by atoms with Crippen LogP contribution < -0.4 is 5.32 Å². The molecule has 0 radical (unpaired) electrons. The molecule has 0 fully saturated rings. The lowest BCUT2D eigenvalue weighted by atomic mass is 10.0. The molecule has 2 aromatic rings. The van der Waals surface area contributed by atoms with Gasteiger partial charge in [-0.05, 0) is 37.6 Å². The van der Waals surface area contributed by atoms with Crippen molar-refractivity contribution in [3.8, 4) is 0 Å². The number of halogens is 2. The maximum atomic E-state index is 12.6. The molecule has 0 saturated heterocycles. The van der Waals surface area contributed by atoms with E-state index in [0.717, 1.165) is 22.0 Å². The zero-order valence-electron chi connectivity index (χ0n) is 13.9. The molecule has 0 bridgehead atoms. The highest BCUT2D eigenvalue weighted by Crippen LogP contribution is 2.30. The van der Waals surface area contributed by atoms with Gasteiger partial charge in [0.15, 0.2) is 0 Å². The lowest BCUT2D eigenvalue weighted by molar-refractivity contribution is -0.130. The number of fused-ring (bicyclic) bond motifs is 1. The number of rotatable bonds is 4. The number of nitrogens with zero attached hydrogens (tertiary/aromatic N) is 1. The van der Waals surface area contributed by atoms with E-state index >= 15 is 0 Å². The number of aliphatic imine (C=N–C) groups is 1. The maximum Gasteiger partial charge on any atom is 0.276 e. The van der Waals surface area contributed by atoms with Crippen LogP contribution in [0.25, 0.3) is 0 Å². The first-order valence-electron chi connectivity index (χ1n) is 8.08. The first-order chi connectivity index (χ1) is 12.0. The Bertz CT molecular complexity index is 838. The van der Waals surface area contributed by atoms with Crippen LogP contribution in [0.1, 0.15) is 31.4 Å². The molecule has 1 aliphatic rings. The van der Waals surface area contributed by atoms with Gasteiger partial charge in [-0.2, -0.15) is 0 Å². The average Bonchev–Trinajstić information content (AvgIpc) is 2.72. The van der Waals surface area contributed by atoms with Crippen LogP contribution in [0.3, 0.4) is 0 Å². The zero-order chi connectivity index (χ0) is 18.0. The standard InChI is InChI=1S/C19H18BrClN2O2/c1-3-11(2)25-19-18(24)22-16-9-8-12(20)10-14(16)17(23-19)13-6-4-5-7-15(13)21/h4-11,19H,3H2,1-2H3,(H,22,24). The van der Waals surface area contributed by atoms with Gasteiger partial charge in [0.2, 0.25) is 6.23 Å². The number of carbonyl (C=O) groups is 1. The Morgan fingerprint density at radius 2 is 2.04 bits per heavy atom. The van der Waals surface area contributed by atoms with Crippen LogP contribution in [0.2, 0.25) is 5.02 Å². The van der Waals surface area contributed by atoms with E-state index < -0.39 is 6.23 Å². The summed E-state index contributed by atoms with van der Waals surface area (Å²) in [5.74, 6) is -0.286. The smallest absolute Gasteiger partial charge is 0.276 e. The van der Waals surface area contributed by atoms with Gasteiger partial charge < -0.3 is 10.1 Å². The van der Waals surface area contributed by atoms with E-state index in [1.54, 1.807) is 0 Å². The van der Waals surface area contributed by atoms with Crippen LogP contribution in [-0.2, 0) is 9.53 Å². The molecule has 2 aromatic carbocycles. The predicted molar refractivity (Wildman–Crippen MR) is 104 cm³/mol. The molecule has 0 spiro atoms. The van der Waals surface area contributed by atoms with Crippen LogP contribution in [0.15, 0.2) is 51.9 Å². The van der Waals surface area contributed by atoms with Gasteiger partial charge >= 0.3 is 0 Å². The van der Waals surface area contributed by atoms with E-state index in [1.165, 1.54) is 0 Å². The van der Waals surface area contributed by atoms with Crippen molar-refractivity contribution in [3.05, 3.63) is 63.1 Å². The minimum atomic E-state index is -0.924. The molecule has 1 N–H and O–H groups in total. The molecule has 0 aromatic heterocycles. The second-order valence-corrected chi connectivity index (χ2v) is 7.17. The Morgan fingerprint density at radius 3 is 2.76 bits per heavy atom. The summed E-state index contributed by atoms with van der Waals surface area (Å²) in [6.07, 6.45) is -0.216. The highest BCUT2D eigenvalue weighted by molar-refractivity contribution is 9.10. The molecule has 1 amide bonds. The third kappa shape index (κ3) is 3.94. The van der Waals surface area contributed by atoms with Crippen molar-refractivity contribution in [1.29, 1.82) is 0 Å². The van der Waals surface area contributed by atoms with Crippen molar-refractivity contribution in [3.63, 3.8) is 0 Å². The second kappa shape index (κ2) is 7.68. The monoisotopic (exact) mass is 420 g/mol. The molecule has 4 nitrogen and oxygen atoms in total. The quantitative estimate of drug-likeness (QED) is 0.752. The van der Waals surface area contributed by atoms with Gasteiger partial charge in [0.05, 0.1) is 17.5 Å². The molecule has 130 valence electrons. The van der Waals surface area contributed by atoms with Gasteiger partial charge in [-0.1, -0.05) is 52.7 Å². The summed E-state index contributed by atoms with van der Waals surface area (Å²) >= 11 is 9.88. The number of ether oxygens (including phenoxy) is 1. The fourth-order valence-corrected chi connectivity index (χ4v) is 3.12. The first kappa shape index (κ1) is 18.1. The SMILES string of the molecule is CCC(C)OC1N=C(c2ccccc2Cl)c2cc(Br)ccc2NC1=O. The van der Waals surface area contributed by atoms with Gasteiger partial charge in [0.1, 0.15) is 0 Å². The molecule has 2 unspecified atom stereocenters. The number of amides is 1. The number of anilines is 1. The minimum Gasteiger partial charge on any atom is -0.345 e. The molecule has 1 heterocycles. The summed E-state index contributed by atoms with van der Waals surface area (Å²) in [5.41, 5.74) is 2.87. The van der Waals surface area contributed by atoms with Crippen molar-refractivity contribution < 1.29 is 9.53 Å². The highest BCUT2D eigenvalue weighted by atomic mass is 79.9. The van der Waals surface area contributed by atoms with Gasteiger partial charge in [-0.15, -0.1) is 0 Å². The number of nitrogens with one attached hydrogen (secondary N) is 1. The van der Waals surface area contributed by atoms with Crippen LogP contribution in [0.4, 0.5) is 5.69 Å². The zero-order valence-corrected chi connectivity index (χ0v) is 16.3. The Labute approximate surface area is 160 Å². The topological polar surface area (TPSA) is 50.7 Å². The molecule has 0 aliphatic carbocycles. The largest absolute Gasteiger partial charge is 0.345 e. The lowest BCUT2D eigenvalue weighted by Crippen LogP contribution is -2.31. The Hall–Kier alpha value is -1.69. The number of hydrogen-bond acceptors (Lipinski definition) is 3. The molecule has 25 heavy (non-hydrogen) atoms. The highest BCUT2D eigenvalue weighted by Gasteiger charge is 2.28. The molecule has 0 saturated carbocycles. The number of hydrogen-bond donors (Lipinski definition) is 1. The van der Waals surface area contributed by atoms with E-state index in [0.29, 0.717) is 16.4 Å². The van der Waals surface area contributed by atoms with E-state index in [1.807, 2.05) is 56.3 Å². The van der Waals surface area contributed by atoms with Gasteiger partial charge in [0, 0.05) is 20.6 Å². The Morgan fingerprint density at radius 1 is 1.28 bits per heavy atom. The van der Waals surface area contributed by atoms with Crippen molar-refractivity contribution in [2.45, 2.75) is 32.6 Å². The predicted octanol–water partition coefficient (Wildman–Crippen LogP) is 5.03. The van der Waals surface area contributed by atoms with Crippen molar-refractivity contribution in [2.24, 2.45) is 4.99 Å². The molecular formula is C19H18BrClN2O2. The fraction of sp³-hybridized carbons (Fsp3) is 0.263. The van der Waals surface area contributed by atoms with E-state index in [-0.39, 0.29) is 12.0 Å². The van der Waals surface area contributed by atoms with Crippen molar-refractivity contribution in [1.82, 2.24) is 0 Å². The second-order valence-electron chi connectivity index (χ2n) is 5.84. The number of benzodiazepines with no additional fused rings is 1. The van der Waals surface area contributed by atoms with E-state index in [9.17, 15) is 4.79 Å². The molecule has 2 atom stereocenters. The number of carbonyl (C=O) groups excluding carboxylic acids is 1. The normalized spacial score (nSPS) is 18.0. The maximum absolute atomic E-state index is 12.6. The van der Waals surface area contributed by atoms with Crippen molar-refractivity contribution in [2.75, 3.05) is 5.32 Å². The molecule has 3 rings (SSSR count). The third-order valence-electron chi connectivity index (χ3n) is 4.03. The summed E-state index contributed by atoms with van der Waals surface area (Å²) in [5, 5.41) is 3.48. The van der Waals surface area contributed by atoms with Crippen LogP contribution in [-0.4, -0.2) is 24.0 Å². The van der Waals surface area contributed by atoms with Gasteiger partial charge in [0.25, 0.3) is 5.91 Å². The Balaban J connectivity index is 2.17. The average molecular weight is 422 g/mol. The summed E-state index contributed by atoms with van der Waals surface area (Å²) in [7, 11) is 0. The molecule has 1 aliphatic heterocycles. The summed E-state index contributed by atoms with van der Waals surface area (Å²) in [6, 6.07) is 13.1. The van der Waals surface area contributed by atoms with Gasteiger partial charge in [-0.25, -0.2) is 4.99 Å². The molecular weight excluding hydrogens is 404 g/mol. The first-order valence-corrected chi connectivity index (χ1v) is 9.25. The fourth-order valence-electron chi connectivity index (χ4n) is 2.54. The van der Waals surface area contributed by atoms with E-state index in [2.05, 4.69) is 26.2 Å². The van der Waals surface area contributed by atoms with Crippen LogP contribution >= 0.6 is 27.5 Å². The van der Waals surface area contributed by atoms with Crippen molar-refractivity contribution >= 4 is 44.8 Å². The van der Waals surface area contributed by atoms with E-state index in [4.69, 9.17) is 16.3 Å². The van der Waals surface area contributed by atoms with Crippen LogP contribution in [0.5, 0.6) is 0 Å². The summed E-state index contributed by atoms with van der Waals surface area (Å²) in [6.45, 7) is 3.93. The van der Waals surface area contributed by atoms with Gasteiger partial charge in [-0.3, -0.25) is 4.79 Å². The third-order valence-corrected chi connectivity index (χ3v) is 4.85. The Kier molecular flexibility index (Phi) is 5.57. The summed E-state index contributed by atoms with van der Waals surface area (Å²) in [4.78, 5) is 17.2. The molecule has 6 heteroatoms. The summed E-state index contributed by atoms with van der Waals surface area (Å²) < 4.78 is 6.72.